The summed E-state index contributed by atoms with van der Waals surface area (Å²) in [6, 6.07) is 8.48. The van der Waals surface area contributed by atoms with Crippen LogP contribution in [0.1, 0.15) is 13.8 Å². The topological polar surface area (TPSA) is 12.0 Å². The maximum atomic E-state index is 2.75. The van der Waals surface area contributed by atoms with Crippen LogP contribution in [-0.2, 0) is 0 Å². The Hall–Kier alpha value is -0.820. The first-order valence-electron chi connectivity index (χ1n) is 4.07. The molecule has 0 bridgehead atoms. The van der Waals surface area contributed by atoms with Crippen LogP contribution < -0.4 is 5.32 Å². The summed E-state index contributed by atoms with van der Waals surface area (Å²) >= 11 is 0. The maximum Gasteiger partial charge on any atom is -0.0167 e. The second-order valence-electron chi connectivity index (χ2n) is 2.08. The maximum absolute atomic E-state index is 2.75. The zero-order valence-corrected chi connectivity index (χ0v) is 7.81. The van der Waals surface area contributed by atoms with Crippen molar-refractivity contribution >= 4 is 0 Å². The van der Waals surface area contributed by atoms with Crippen LogP contribution in [-0.4, -0.2) is 14.1 Å². The first kappa shape index (κ1) is 10.2. The van der Waals surface area contributed by atoms with Gasteiger partial charge in [-0.15, -0.1) is 0 Å². The van der Waals surface area contributed by atoms with E-state index in [9.17, 15) is 0 Å². The minimum atomic E-state index is 1.43. The van der Waals surface area contributed by atoms with Crippen molar-refractivity contribution in [2.45, 2.75) is 13.8 Å². The molecule has 0 aromatic heterocycles. The van der Waals surface area contributed by atoms with Crippen LogP contribution in [0.5, 0.6) is 0 Å². The molecule has 0 unspecified atom stereocenters. The molecule has 0 aromatic rings. The van der Waals surface area contributed by atoms with E-state index >= 15 is 0 Å². The third-order valence-electron chi connectivity index (χ3n) is 1.11. The van der Waals surface area contributed by atoms with Gasteiger partial charge in [0.1, 0.15) is 0 Å². The lowest BCUT2D eigenvalue weighted by atomic mass is 10.6. The summed E-state index contributed by atoms with van der Waals surface area (Å²) in [6.45, 7) is 4.00. The highest BCUT2D eigenvalue weighted by Gasteiger charge is 2.06. The minimum Gasteiger partial charge on any atom is -0.323 e. The van der Waals surface area contributed by atoms with Gasteiger partial charge in [0.2, 0.25) is 0 Å². The SMILES string of the molecule is CC.CNC.c1cc2cc-2c1. The standard InChI is InChI=1S/C6H4.C2H7N.C2H6/c1-2-5-4-6(5)3-1;1-3-2;1-2/h1-4H;3H,1-2H3;1-2H3. The van der Waals surface area contributed by atoms with Gasteiger partial charge in [-0.25, -0.2) is 0 Å². The predicted octanol–water partition coefficient (Wildman–Crippen LogP) is 2.53. The Morgan fingerprint density at radius 3 is 1.45 bits per heavy atom. The van der Waals surface area contributed by atoms with E-state index in [4.69, 9.17) is 0 Å². The van der Waals surface area contributed by atoms with Crippen molar-refractivity contribution in [1.82, 2.24) is 5.32 Å². The molecule has 0 atom stereocenters. The zero-order chi connectivity index (χ0) is 8.69. The lowest BCUT2D eigenvalue weighted by molar-refractivity contribution is 1.02. The van der Waals surface area contributed by atoms with Crippen LogP contribution in [0.15, 0.2) is 24.3 Å². The Bertz CT molecular complexity index is 177. The summed E-state index contributed by atoms with van der Waals surface area (Å²) in [5.74, 6) is 0. The van der Waals surface area contributed by atoms with E-state index in [1.54, 1.807) is 0 Å². The average Bonchev–Trinajstić information content (AvgIpc) is 2.65. The average molecular weight is 151 g/mol. The van der Waals surface area contributed by atoms with E-state index in [-0.39, 0.29) is 0 Å². The summed E-state index contributed by atoms with van der Waals surface area (Å²) in [6.07, 6.45) is 0. The summed E-state index contributed by atoms with van der Waals surface area (Å²) in [5, 5.41) is 2.75. The number of rotatable bonds is 0. The van der Waals surface area contributed by atoms with Gasteiger partial charge in [0.15, 0.2) is 0 Å². The summed E-state index contributed by atoms with van der Waals surface area (Å²) < 4.78 is 0. The van der Waals surface area contributed by atoms with E-state index in [1.165, 1.54) is 11.1 Å². The largest absolute Gasteiger partial charge is 0.323 e. The third kappa shape index (κ3) is 3.79. The Balaban J connectivity index is 0.000000176. The van der Waals surface area contributed by atoms with Gasteiger partial charge in [-0.3, -0.25) is 0 Å². The molecule has 0 heterocycles. The number of hydrogen-bond acceptors (Lipinski definition) is 1. The first-order chi connectivity index (χ1) is 5.38. The van der Waals surface area contributed by atoms with Gasteiger partial charge >= 0.3 is 0 Å². The van der Waals surface area contributed by atoms with Gasteiger partial charge < -0.3 is 5.32 Å². The molecule has 2 rings (SSSR count). The van der Waals surface area contributed by atoms with Crippen molar-refractivity contribution in [3.8, 4) is 11.1 Å². The van der Waals surface area contributed by atoms with E-state index in [0.717, 1.165) is 0 Å². The second kappa shape index (κ2) is 5.93. The van der Waals surface area contributed by atoms with E-state index in [2.05, 4.69) is 29.6 Å². The van der Waals surface area contributed by atoms with Gasteiger partial charge in [-0.2, -0.15) is 0 Å². The monoisotopic (exact) mass is 151 g/mol. The highest BCUT2D eigenvalue weighted by atomic mass is 14.7. The molecule has 1 nitrogen and oxygen atoms in total. The van der Waals surface area contributed by atoms with Crippen LogP contribution in [0.4, 0.5) is 0 Å². The highest BCUT2D eigenvalue weighted by molar-refractivity contribution is 5.80. The van der Waals surface area contributed by atoms with Crippen LogP contribution in [0.2, 0.25) is 0 Å². The van der Waals surface area contributed by atoms with Crippen molar-refractivity contribution in [3.63, 3.8) is 0 Å². The van der Waals surface area contributed by atoms with Gasteiger partial charge in [-0.05, 0) is 31.3 Å². The normalized spacial score (nSPS) is 8.36. The molecule has 1 heteroatoms. The molecule has 0 fully saturated rings. The Morgan fingerprint density at radius 2 is 1.36 bits per heavy atom. The lowest BCUT2D eigenvalue weighted by Gasteiger charge is -1.59. The van der Waals surface area contributed by atoms with Gasteiger partial charge in [0.25, 0.3) is 0 Å². The molecule has 0 aliphatic heterocycles. The molecule has 0 radical (unpaired) electrons. The van der Waals surface area contributed by atoms with Crippen molar-refractivity contribution in [2.24, 2.45) is 0 Å². The van der Waals surface area contributed by atoms with Crippen LogP contribution in [0.25, 0.3) is 11.1 Å². The van der Waals surface area contributed by atoms with Crippen LogP contribution in [0.3, 0.4) is 0 Å². The predicted molar refractivity (Wildman–Crippen MR) is 51.8 cm³/mol. The summed E-state index contributed by atoms with van der Waals surface area (Å²) in [5.41, 5.74) is 2.85. The summed E-state index contributed by atoms with van der Waals surface area (Å²) in [4.78, 5) is 0. The van der Waals surface area contributed by atoms with Crippen molar-refractivity contribution in [1.29, 1.82) is 0 Å². The van der Waals surface area contributed by atoms with Crippen LogP contribution >= 0.6 is 0 Å². The van der Waals surface area contributed by atoms with E-state index in [0.29, 0.717) is 0 Å². The first-order valence-corrected chi connectivity index (χ1v) is 4.07. The third-order valence-corrected chi connectivity index (χ3v) is 1.11. The molecule has 0 aromatic carbocycles. The van der Waals surface area contributed by atoms with Gasteiger partial charge in [0.05, 0.1) is 0 Å². The molecule has 2 aliphatic rings. The fourth-order valence-corrected chi connectivity index (χ4v) is 0.676. The molecule has 62 valence electrons. The molecular weight excluding hydrogens is 134 g/mol. The van der Waals surface area contributed by atoms with Gasteiger partial charge in [-0.1, -0.05) is 32.0 Å². The lowest BCUT2D eigenvalue weighted by Crippen LogP contribution is -1.89. The molecule has 0 saturated carbocycles. The number of fused-ring (bicyclic) bond motifs is 1. The number of hydrogen-bond donors (Lipinski definition) is 1. The quantitative estimate of drug-likeness (QED) is 0.610. The Kier molecular flexibility index (Phi) is 5.49. The fraction of sp³-hybridized carbons (Fsp3) is 0.400. The molecule has 2 aliphatic carbocycles. The van der Waals surface area contributed by atoms with Crippen molar-refractivity contribution in [3.05, 3.63) is 24.3 Å². The van der Waals surface area contributed by atoms with E-state index < -0.39 is 0 Å². The fourth-order valence-electron chi connectivity index (χ4n) is 0.676. The van der Waals surface area contributed by atoms with Crippen molar-refractivity contribution < 1.29 is 0 Å². The number of nitrogens with one attached hydrogen (secondary N) is 1. The molecule has 0 saturated heterocycles. The Labute approximate surface area is 69.4 Å². The molecule has 11 heavy (non-hydrogen) atoms. The minimum absolute atomic E-state index is 1.43. The molecule has 1 N–H and O–H groups in total. The Morgan fingerprint density at radius 1 is 1.00 bits per heavy atom. The molecule has 0 spiro atoms. The smallest absolute Gasteiger partial charge is 0.0167 e. The second-order valence-corrected chi connectivity index (χ2v) is 2.08. The molecular formula is C10H17N. The number of benzene rings is 1. The van der Waals surface area contributed by atoms with Crippen LogP contribution in [0, 0.1) is 0 Å². The molecule has 0 amide bonds. The summed E-state index contributed by atoms with van der Waals surface area (Å²) in [7, 11) is 3.75. The zero-order valence-electron chi connectivity index (χ0n) is 7.81. The van der Waals surface area contributed by atoms with E-state index in [1.807, 2.05) is 27.9 Å². The van der Waals surface area contributed by atoms with Crippen molar-refractivity contribution in [2.75, 3.05) is 14.1 Å². The highest BCUT2D eigenvalue weighted by Crippen LogP contribution is 2.32. The van der Waals surface area contributed by atoms with Gasteiger partial charge in [0, 0.05) is 0 Å².